The molecule has 0 spiro atoms. The third-order valence-electron chi connectivity index (χ3n) is 3.74. The van der Waals surface area contributed by atoms with Gasteiger partial charge in [0.05, 0.1) is 31.8 Å². The summed E-state index contributed by atoms with van der Waals surface area (Å²) in [5, 5.41) is 3.68. The van der Waals surface area contributed by atoms with Crippen LogP contribution >= 0.6 is 23.6 Å². The average Bonchev–Trinajstić information content (AvgIpc) is 3.06. The summed E-state index contributed by atoms with van der Waals surface area (Å²) in [6.45, 7) is 8.76. The van der Waals surface area contributed by atoms with Gasteiger partial charge < -0.3 is 4.90 Å². The Kier molecular flexibility index (Phi) is 3.82. The molecule has 0 aliphatic carbocycles. The first-order valence-electron chi connectivity index (χ1n) is 7.27. The maximum atomic E-state index is 4.82. The van der Waals surface area contributed by atoms with Gasteiger partial charge in [-0.3, -0.25) is 0 Å². The molecule has 1 aromatic heterocycles. The Bertz CT molecular complexity index is 715. The van der Waals surface area contributed by atoms with E-state index in [-0.39, 0.29) is 5.41 Å². The standard InChI is InChI=1S/C16H19N3S2/c1-16(2,3)15-18-12-8-13(19-6-4-5-7-19)11(17-10-20)9-14(12)21-15/h8-9H,4-7H2,1-3H3. The molecule has 0 N–H and O–H groups in total. The number of aliphatic imine (C=N–C) groups is 1. The Morgan fingerprint density at radius 3 is 2.62 bits per heavy atom. The van der Waals surface area contributed by atoms with Crippen LogP contribution in [0.2, 0.25) is 0 Å². The second kappa shape index (κ2) is 5.48. The number of fused-ring (bicyclic) bond motifs is 1. The molecule has 110 valence electrons. The summed E-state index contributed by atoms with van der Waals surface area (Å²) in [6.07, 6.45) is 2.48. The van der Waals surface area contributed by atoms with Crippen molar-refractivity contribution < 1.29 is 0 Å². The van der Waals surface area contributed by atoms with Crippen LogP contribution in [0.1, 0.15) is 38.6 Å². The predicted octanol–water partition coefficient (Wildman–Crippen LogP) is 4.93. The molecule has 1 aliphatic rings. The van der Waals surface area contributed by atoms with Gasteiger partial charge in [0, 0.05) is 18.5 Å². The van der Waals surface area contributed by atoms with Gasteiger partial charge in [0.1, 0.15) is 0 Å². The summed E-state index contributed by atoms with van der Waals surface area (Å²) in [5.74, 6) is 0. The van der Waals surface area contributed by atoms with E-state index in [1.54, 1.807) is 11.3 Å². The summed E-state index contributed by atoms with van der Waals surface area (Å²) in [6, 6.07) is 4.27. The summed E-state index contributed by atoms with van der Waals surface area (Å²) in [5.41, 5.74) is 3.20. The minimum Gasteiger partial charge on any atom is -0.370 e. The highest BCUT2D eigenvalue weighted by atomic mass is 32.1. The Hall–Kier alpha value is -1.29. The Balaban J connectivity index is 2.16. The molecule has 0 amide bonds. The van der Waals surface area contributed by atoms with Crippen molar-refractivity contribution in [3.05, 3.63) is 17.1 Å². The lowest BCUT2D eigenvalue weighted by Gasteiger charge is -2.19. The molecule has 1 aliphatic heterocycles. The van der Waals surface area contributed by atoms with E-state index in [2.05, 4.69) is 48.0 Å². The summed E-state index contributed by atoms with van der Waals surface area (Å²) < 4.78 is 1.17. The molecule has 21 heavy (non-hydrogen) atoms. The smallest absolute Gasteiger partial charge is 0.0992 e. The fourth-order valence-electron chi connectivity index (χ4n) is 2.62. The first-order chi connectivity index (χ1) is 9.99. The van der Waals surface area contributed by atoms with Gasteiger partial charge in [0.25, 0.3) is 0 Å². The number of nitrogens with zero attached hydrogens (tertiary/aromatic N) is 3. The monoisotopic (exact) mass is 317 g/mol. The van der Waals surface area contributed by atoms with Crippen LogP contribution in [0.4, 0.5) is 11.4 Å². The zero-order valence-corrected chi connectivity index (χ0v) is 14.3. The normalized spacial score (nSPS) is 15.5. The van der Waals surface area contributed by atoms with Gasteiger partial charge in [-0.25, -0.2) is 4.98 Å². The second-order valence-corrected chi connectivity index (χ2v) is 7.69. The first kappa shape index (κ1) is 14.6. The van der Waals surface area contributed by atoms with Gasteiger partial charge in [0.15, 0.2) is 0 Å². The van der Waals surface area contributed by atoms with Crippen molar-refractivity contribution in [2.45, 2.75) is 39.0 Å². The van der Waals surface area contributed by atoms with Crippen molar-refractivity contribution in [1.29, 1.82) is 0 Å². The molecule has 3 nitrogen and oxygen atoms in total. The summed E-state index contributed by atoms with van der Waals surface area (Å²) >= 11 is 6.55. The van der Waals surface area contributed by atoms with Gasteiger partial charge in [-0.1, -0.05) is 20.8 Å². The van der Waals surface area contributed by atoms with Crippen LogP contribution in [0.25, 0.3) is 10.2 Å². The van der Waals surface area contributed by atoms with E-state index in [9.17, 15) is 0 Å². The molecule has 0 atom stereocenters. The summed E-state index contributed by atoms with van der Waals surface area (Å²) in [7, 11) is 0. The van der Waals surface area contributed by atoms with Crippen LogP contribution in [-0.4, -0.2) is 23.2 Å². The largest absolute Gasteiger partial charge is 0.370 e. The molecule has 3 rings (SSSR count). The van der Waals surface area contributed by atoms with Crippen molar-refractivity contribution in [1.82, 2.24) is 4.98 Å². The molecule has 0 bridgehead atoms. The lowest BCUT2D eigenvalue weighted by atomic mass is 9.98. The number of rotatable bonds is 2. The number of aromatic nitrogens is 1. The highest BCUT2D eigenvalue weighted by Gasteiger charge is 2.21. The van der Waals surface area contributed by atoms with Crippen molar-refractivity contribution in [2.75, 3.05) is 18.0 Å². The van der Waals surface area contributed by atoms with E-state index >= 15 is 0 Å². The highest BCUT2D eigenvalue weighted by molar-refractivity contribution is 7.78. The number of hydrogen-bond acceptors (Lipinski definition) is 5. The molecule has 0 unspecified atom stereocenters. The first-order valence-corrected chi connectivity index (χ1v) is 8.49. The molecule has 1 aromatic carbocycles. The molecule has 0 saturated carbocycles. The van der Waals surface area contributed by atoms with Gasteiger partial charge >= 0.3 is 0 Å². The Morgan fingerprint density at radius 2 is 2.00 bits per heavy atom. The number of hydrogen-bond donors (Lipinski definition) is 0. The minimum absolute atomic E-state index is 0.0745. The van der Waals surface area contributed by atoms with Gasteiger partial charge in [-0.15, -0.1) is 11.3 Å². The zero-order valence-electron chi connectivity index (χ0n) is 12.6. The number of thiazole rings is 1. The molecule has 0 radical (unpaired) electrons. The maximum absolute atomic E-state index is 4.82. The number of anilines is 1. The highest BCUT2D eigenvalue weighted by Crippen LogP contribution is 2.39. The van der Waals surface area contributed by atoms with Crippen LogP contribution in [-0.2, 0) is 5.41 Å². The number of benzene rings is 1. The average molecular weight is 317 g/mol. The van der Waals surface area contributed by atoms with E-state index < -0.39 is 0 Å². The third-order valence-corrected chi connectivity index (χ3v) is 5.27. The number of isothiocyanates is 1. The molecular formula is C16H19N3S2. The Labute approximate surface area is 134 Å². The lowest BCUT2D eigenvalue weighted by Crippen LogP contribution is -2.17. The van der Waals surface area contributed by atoms with Crippen LogP contribution < -0.4 is 4.90 Å². The summed E-state index contributed by atoms with van der Waals surface area (Å²) in [4.78, 5) is 11.5. The third kappa shape index (κ3) is 2.86. The van der Waals surface area contributed by atoms with Crippen LogP contribution in [0.5, 0.6) is 0 Å². The fraction of sp³-hybridized carbons (Fsp3) is 0.500. The maximum Gasteiger partial charge on any atom is 0.0992 e. The molecule has 2 aromatic rings. The van der Waals surface area contributed by atoms with E-state index in [0.29, 0.717) is 0 Å². The van der Waals surface area contributed by atoms with Crippen molar-refractivity contribution in [2.24, 2.45) is 4.99 Å². The van der Waals surface area contributed by atoms with Crippen LogP contribution in [0.15, 0.2) is 17.1 Å². The van der Waals surface area contributed by atoms with Crippen LogP contribution in [0, 0.1) is 0 Å². The fourth-order valence-corrected chi connectivity index (χ4v) is 3.76. The molecule has 5 heteroatoms. The van der Waals surface area contributed by atoms with Gasteiger partial charge in [-0.05, 0) is 37.2 Å². The lowest BCUT2D eigenvalue weighted by molar-refractivity contribution is 0.587. The molecule has 2 heterocycles. The molecule has 1 fully saturated rings. The van der Waals surface area contributed by atoms with Crippen molar-refractivity contribution in [3.63, 3.8) is 0 Å². The topological polar surface area (TPSA) is 28.5 Å². The molecule has 1 saturated heterocycles. The van der Waals surface area contributed by atoms with E-state index in [4.69, 9.17) is 17.2 Å². The Morgan fingerprint density at radius 1 is 1.29 bits per heavy atom. The van der Waals surface area contributed by atoms with E-state index in [1.165, 1.54) is 17.5 Å². The zero-order chi connectivity index (χ0) is 15.0. The molecular weight excluding hydrogens is 298 g/mol. The van der Waals surface area contributed by atoms with E-state index in [1.807, 2.05) is 0 Å². The van der Waals surface area contributed by atoms with Crippen molar-refractivity contribution in [3.8, 4) is 0 Å². The SMILES string of the molecule is CC(C)(C)c1nc2cc(N3CCCC3)c(N=C=S)cc2s1. The minimum atomic E-state index is 0.0745. The van der Waals surface area contributed by atoms with Crippen molar-refractivity contribution >= 4 is 50.3 Å². The van der Waals surface area contributed by atoms with Gasteiger partial charge in [0.2, 0.25) is 0 Å². The number of thiocarbonyl (C=S) groups is 1. The van der Waals surface area contributed by atoms with Crippen LogP contribution in [0.3, 0.4) is 0 Å². The van der Waals surface area contributed by atoms with E-state index in [0.717, 1.165) is 35.0 Å². The predicted molar refractivity (Wildman–Crippen MR) is 94.5 cm³/mol. The van der Waals surface area contributed by atoms with Gasteiger partial charge in [-0.2, -0.15) is 4.99 Å². The quantitative estimate of drug-likeness (QED) is 0.581. The second-order valence-electron chi connectivity index (χ2n) is 6.47.